The number of carbonyl (C=O) groups is 2. The minimum Gasteiger partial charge on any atom is -0.340 e. The van der Waals surface area contributed by atoms with Gasteiger partial charge in [-0.2, -0.15) is 4.31 Å². The molecule has 2 aromatic rings. The summed E-state index contributed by atoms with van der Waals surface area (Å²) in [5.41, 5.74) is 0.469. The Balaban J connectivity index is 1.62. The zero-order valence-electron chi connectivity index (χ0n) is 17.3. The zero-order valence-corrected chi connectivity index (χ0v) is 18.9. The van der Waals surface area contributed by atoms with Crippen LogP contribution in [0.4, 0.5) is 5.69 Å². The number of benzene rings is 1. The molecule has 9 heteroatoms. The lowest BCUT2D eigenvalue weighted by Crippen LogP contribution is -2.42. The van der Waals surface area contributed by atoms with E-state index in [1.54, 1.807) is 40.9 Å². The van der Waals surface area contributed by atoms with Crippen LogP contribution in [-0.4, -0.2) is 43.7 Å². The molecule has 1 aromatic carbocycles. The maximum Gasteiger partial charge on any atom is 0.261 e. The van der Waals surface area contributed by atoms with Gasteiger partial charge in [-0.1, -0.05) is 19.9 Å². The van der Waals surface area contributed by atoms with Crippen molar-refractivity contribution >= 4 is 38.9 Å². The summed E-state index contributed by atoms with van der Waals surface area (Å²) in [5, 5.41) is 7.14. The average molecular weight is 450 g/mol. The van der Waals surface area contributed by atoms with Gasteiger partial charge in [-0.15, -0.1) is 11.3 Å². The number of nitrogens with one attached hydrogen (secondary N) is 2. The van der Waals surface area contributed by atoms with E-state index in [-0.39, 0.29) is 16.7 Å². The fraction of sp³-hybridized carbons (Fsp3) is 0.429. The topological polar surface area (TPSA) is 95.6 Å². The van der Waals surface area contributed by atoms with E-state index in [9.17, 15) is 18.0 Å². The van der Waals surface area contributed by atoms with Gasteiger partial charge in [0.15, 0.2) is 0 Å². The lowest BCUT2D eigenvalue weighted by molar-refractivity contribution is -0.117. The largest absolute Gasteiger partial charge is 0.340 e. The van der Waals surface area contributed by atoms with Crippen LogP contribution >= 0.6 is 11.3 Å². The van der Waals surface area contributed by atoms with Gasteiger partial charge in [0.25, 0.3) is 5.91 Å². The predicted octanol–water partition coefficient (Wildman–Crippen LogP) is 3.17. The van der Waals surface area contributed by atoms with Gasteiger partial charge in [0.05, 0.1) is 9.77 Å². The monoisotopic (exact) mass is 449 g/mol. The summed E-state index contributed by atoms with van der Waals surface area (Å²) in [6, 6.07) is 8.86. The van der Waals surface area contributed by atoms with Crippen molar-refractivity contribution in [1.29, 1.82) is 0 Å². The Hall–Kier alpha value is -2.23. The average Bonchev–Trinajstić information content (AvgIpc) is 3.22. The molecule has 2 N–H and O–H groups in total. The Morgan fingerprint density at radius 1 is 1.10 bits per heavy atom. The number of thiophene rings is 1. The van der Waals surface area contributed by atoms with E-state index >= 15 is 0 Å². The number of anilines is 1. The number of piperidine rings is 1. The Labute approximate surface area is 181 Å². The highest BCUT2D eigenvalue weighted by atomic mass is 32.2. The van der Waals surface area contributed by atoms with Crippen molar-refractivity contribution in [3.63, 3.8) is 0 Å². The van der Waals surface area contributed by atoms with Crippen molar-refractivity contribution in [2.75, 3.05) is 18.4 Å². The first-order valence-electron chi connectivity index (χ1n) is 9.92. The molecule has 7 nitrogen and oxygen atoms in total. The Morgan fingerprint density at radius 2 is 1.73 bits per heavy atom. The second-order valence-electron chi connectivity index (χ2n) is 7.95. The highest BCUT2D eigenvalue weighted by Gasteiger charge is 2.31. The number of rotatable bonds is 6. The maximum atomic E-state index is 12.9. The van der Waals surface area contributed by atoms with Crippen LogP contribution < -0.4 is 10.6 Å². The number of amides is 2. The SMILES string of the molecule is CC1CC(C)CN(S(=O)(=O)c2ccc(NC(=O)C(C)NC(=O)c3cccs3)cc2)C1. The maximum absolute atomic E-state index is 12.9. The van der Waals surface area contributed by atoms with E-state index in [1.165, 1.54) is 23.5 Å². The molecule has 30 heavy (non-hydrogen) atoms. The summed E-state index contributed by atoms with van der Waals surface area (Å²) in [6.45, 7) is 6.77. The van der Waals surface area contributed by atoms with Crippen LogP contribution in [0, 0.1) is 11.8 Å². The molecule has 3 atom stereocenters. The number of nitrogens with zero attached hydrogens (tertiary/aromatic N) is 1. The molecule has 0 spiro atoms. The van der Waals surface area contributed by atoms with E-state index in [1.807, 2.05) is 0 Å². The molecule has 2 amide bonds. The molecule has 3 unspecified atom stereocenters. The number of sulfonamides is 1. The third-order valence-corrected chi connectivity index (χ3v) is 7.80. The van der Waals surface area contributed by atoms with Crippen LogP contribution in [0.2, 0.25) is 0 Å². The van der Waals surface area contributed by atoms with Crippen molar-refractivity contribution in [2.45, 2.75) is 38.1 Å². The Bertz CT molecular complexity index is 978. The van der Waals surface area contributed by atoms with E-state index in [0.717, 1.165) is 6.42 Å². The van der Waals surface area contributed by atoms with Crippen molar-refractivity contribution in [3.8, 4) is 0 Å². The third kappa shape index (κ3) is 5.27. The molecule has 1 aliphatic rings. The van der Waals surface area contributed by atoms with Crippen molar-refractivity contribution in [3.05, 3.63) is 46.7 Å². The van der Waals surface area contributed by atoms with E-state index in [4.69, 9.17) is 0 Å². The van der Waals surface area contributed by atoms with Gasteiger partial charge in [0.2, 0.25) is 15.9 Å². The van der Waals surface area contributed by atoms with Crippen LogP contribution in [0.3, 0.4) is 0 Å². The Kier molecular flexibility index (Phi) is 6.95. The van der Waals surface area contributed by atoms with Gasteiger partial charge in [0, 0.05) is 18.8 Å². The summed E-state index contributed by atoms with van der Waals surface area (Å²) in [6.07, 6.45) is 1.03. The highest BCUT2D eigenvalue weighted by Crippen LogP contribution is 2.27. The third-order valence-electron chi connectivity index (χ3n) is 5.08. The van der Waals surface area contributed by atoms with Crippen molar-refractivity contribution in [2.24, 2.45) is 11.8 Å². The van der Waals surface area contributed by atoms with E-state index in [0.29, 0.717) is 35.5 Å². The van der Waals surface area contributed by atoms with Gasteiger partial charge < -0.3 is 10.6 Å². The van der Waals surface area contributed by atoms with Crippen LogP contribution in [0.5, 0.6) is 0 Å². The second-order valence-corrected chi connectivity index (χ2v) is 10.8. The molecule has 1 aromatic heterocycles. The molecule has 0 radical (unpaired) electrons. The highest BCUT2D eigenvalue weighted by molar-refractivity contribution is 7.89. The number of carbonyl (C=O) groups excluding carboxylic acids is 2. The van der Waals surface area contributed by atoms with Crippen LogP contribution in [0.1, 0.15) is 36.9 Å². The predicted molar refractivity (Wildman–Crippen MR) is 118 cm³/mol. The van der Waals surface area contributed by atoms with Crippen molar-refractivity contribution < 1.29 is 18.0 Å². The minimum atomic E-state index is -3.57. The summed E-state index contributed by atoms with van der Waals surface area (Å²) in [5.74, 6) is -0.0332. The lowest BCUT2D eigenvalue weighted by Gasteiger charge is -2.34. The second kappa shape index (κ2) is 9.28. The smallest absolute Gasteiger partial charge is 0.261 e. The molecular weight excluding hydrogens is 422 g/mol. The van der Waals surface area contributed by atoms with Gasteiger partial charge in [-0.3, -0.25) is 9.59 Å². The van der Waals surface area contributed by atoms with Gasteiger partial charge >= 0.3 is 0 Å². The fourth-order valence-electron chi connectivity index (χ4n) is 3.65. The molecule has 162 valence electrons. The number of hydrogen-bond acceptors (Lipinski definition) is 5. The minimum absolute atomic E-state index is 0.209. The molecule has 0 aliphatic carbocycles. The molecular formula is C21H27N3O4S2. The first kappa shape index (κ1) is 22.5. The van der Waals surface area contributed by atoms with Crippen LogP contribution in [0.25, 0.3) is 0 Å². The normalized spacial score (nSPS) is 21.0. The van der Waals surface area contributed by atoms with Crippen LogP contribution in [0.15, 0.2) is 46.7 Å². The van der Waals surface area contributed by atoms with Crippen LogP contribution in [-0.2, 0) is 14.8 Å². The Morgan fingerprint density at radius 3 is 2.30 bits per heavy atom. The molecule has 1 fully saturated rings. The van der Waals surface area contributed by atoms with E-state index in [2.05, 4.69) is 24.5 Å². The molecule has 0 bridgehead atoms. The van der Waals surface area contributed by atoms with Gasteiger partial charge in [-0.25, -0.2) is 8.42 Å². The molecule has 0 saturated carbocycles. The fourth-order valence-corrected chi connectivity index (χ4v) is 5.96. The van der Waals surface area contributed by atoms with Crippen molar-refractivity contribution in [1.82, 2.24) is 9.62 Å². The number of hydrogen-bond donors (Lipinski definition) is 2. The van der Waals surface area contributed by atoms with Gasteiger partial charge in [0.1, 0.15) is 6.04 Å². The molecule has 1 aliphatic heterocycles. The first-order valence-corrected chi connectivity index (χ1v) is 12.2. The summed E-state index contributed by atoms with van der Waals surface area (Å²) >= 11 is 1.30. The summed E-state index contributed by atoms with van der Waals surface area (Å²) < 4.78 is 27.4. The first-order chi connectivity index (χ1) is 14.2. The standard InChI is InChI=1S/C21H27N3O4S2/c1-14-11-15(2)13-24(12-14)30(27,28)18-8-6-17(7-9-18)23-20(25)16(3)22-21(26)19-5-4-10-29-19/h4-10,14-16H,11-13H2,1-3H3,(H,22,26)(H,23,25). The molecule has 1 saturated heterocycles. The summed E-state index contributed by atoms with van der Waals surface area (Å²) in [4.78, 5) is 25.2. The summed E-state index contributed by atoms with van der Waals surface area (Å²) in [7, 11) is -3.57. The molecule has 3 rings (SSSR count). The van der Waals surface area contributed by atoms with Gasteiger partial charge in [-0.05, 0) is 60.9 Å². The molecule has 2 heterocycles. The van der Waals surface area contributed by atoms with E-state index < -0.39 is 16.1 Å². The zero-order chi connectivity index (χ0) is 21.9. The lowest BCUT2D eigenvalue weighted by atomic mass is 9.94. The quantitative estimate of drug-likeness (QED) is 0.708.